The largest absolute Gasteiger partial charge is 0.480 e. The van der Waals surface area contributed by atoms with Gasteiger partial charge in [0.2, 0.25) is 17.7 Å². The van der Waals surface area contributed by atoms with Crippen LogP contribution >= 0.6 is 11.8 Å². The van der Waals surface area contributed by atoms with E-state index in [0.717, 1.165) is 5.56 Å². The summed E-state index contributed by atoms with van der Waals surface area (Å²) in [6.45, 7) is -0.273. The van der Waals surface area contributed by atoms with Crippen LogP contribution in [0.5, 0.6) is 0 Å². The summed E-state index contributed by atoms with van der Waals surface area (Å²) in [5.74, 6) is -2.31. The number of carbonyl (C=O) groups is 4. The lowest BCUT2D eigenvalue weighted by molar-refractivity contribution is -0.142. The number of H-pyrrole nitrogens is 1. The second kappa shape index (κ2) is 14.0. The molecule has 34 heavy (non-hydrogen) atoms. The van der Waals surface area contributed by atoms with Gasteiger partial charge in [0.15, 0.2) is 0 Å². The summed E-state index contributed by atoms with van der Waals surface area (Å²) < 4.78 is 0. The minimum Gasteiger partial charge on any atom is -0.480 e. The number of nitrogens with two attached hydrogens (primary N) is 1. The molecule has 3 atom stereocenters. The number of nitrogens with one attached hydrogen (secondary N) is 4. The summed E-state index contributed by atoms with van der Waals surface area (Å²) in [4.78, 5) is 56.3. The molecule has 3 amide bonds. The van der Waals surface area contributed by atoms with Gasteiger partial charge in [-0.05, 0) is 24.0 Å². The quantitative estimate of drug-likeness (QED) is 0.204. The number of carboxylic acids is 1. The fourth-order valence-corrected chi connectivity index (χ4v) is 3.65. The summed E-state index contributed by atoms with van der Waals surface area (Å²) in [6.07, 6.45) is 5.23. The molecule has 0 aliphatic rings. The van der Waals surface area contributed by atoms with E-state index < -0.39 is 41.8 Å². The van der Waals surface area contributed by atoms with Crippen molar-refractivity contribution >= 4 is 35.5 Å². The van der Waals surface area contributed by atoms with Crippen LogP contribution in [-0.4, -0.2) is 75.4 Å². The van der Waals surface area contributed by atoms with Crippen molar-refractivity contribution in [2.24, 2.45) is 5.73 Å². The van der Waals surface area contributed by atoms with Crippen LogP contribution in [0.1, 0.15) is 17.7 Å². The summed E-state index contributed by atoms with van der Waals surface area (Å²) in [6, 6.07) is 5.84. The zero-order valence-corrected chi connectivity index (χ0v) is 19.6. The molecule has 11 nitrogen and oxygen atoms in total. The van der Waals surface area contributed by atoms with Crippen molar-refractivity contribution in [3.8, 4) is 0 Å². The second-order valence-electron chi connectivity index (χ2n) is 7.54. The van der Waals surface area contributed by atoms with Crippen LogP contribution in [0.15, 0.2) is 42.9 Å². The molecule has 0 fully saturated rings. The second-order valence-corrected chi connectivity index (χ2v) is 8.52. The molecule has 0 aliphatic heterocycles. The predicted molar refractivity (Wildman–Crippen MR) is 128 cm³/mol. The number of nitrogens with zero attached hydrogens (tertiary/aromatic N) is 1. The number of hydrogen-bond donors (Lipinski definition) is 6. The number of imidazole rings is 1. The number of carboxylic acid groups (broad SMARTS) is 1. The average Bonchev–Trinajstić information content (AvgIpc) is 3.34. The SMILES string of the molecule is CSCCC(NC(=O)CN)C(=O)NC(Cc1ccccc1)C(=O)NC(Cc1cnc[nH]1)C(=O)O. The highest BCUT2D eigenvalue weighted by molar-refractivity contribution is 7.98. The van der Waals surface area contributed by atoms with Crippen LogP contribution in [0.3, 0.4) is 0 Å². The topological polar surface area (TPSA) is 179 Å². The Morgan fingerprint density at radius 2 is 1.71 bits per heavy atom. The highest BCUT2D eigenvalue weighted by Gasteiger charge is 2.30. The van der Waals surface area contributed by atoms with Gasteiger partial charge in [-0.3, -0.25) is 14.4 Å². The van der Waals surface area contributed by atoms with Crippen molar-refractivity contribution in [1.29, 1.82) is 0 Å². The van der Waals surface area contributed by atoms with Gasteiger partial charge in [-0.1, -0.05) is 30.3 Å². The van der Waals surface area contributed by atoms with Gasteiger partial charge in [-0.15, -0.1) is 0 Å². The number of amides is 3. The van der Waals surface area contributed by atoms with Crippen LogP contribution in [0.2, 0.25) is 0 Å². The Labute approximate surface area is 201 Å². The maximum Gasteiger partial charge on any atom is 0.326 e. The molecule has 12 heteroatoms. The minimum absolute atomic E-state index is 0.00399. The average molecular weight is 491 g/mol. The van der Waals surface area contributed by atoms with Crippen molar-refractivity contribution < 1.29 is 24.3 Å². The van der Waals surface area contributed by atoms with Crippen molar-refractivity contribution in [2.45, 2.75) is 37.4 Å². The van der Waals surface area contributed by atoms with Gasteiger partial charge in [0.05, 0.1) is 12.9 Å². The molecule has 1 aromatic heterocycles. The molecular weight excluding hydrogens is 460 g/mol. The molecule has 1 heterocycles. The van der Waals surface area contributed by atoms with Crippen molar-refractivity contribution in [3.05, 3.63) is 54.1 Å². The van der Waals surface area contributed by atoms with Crippen molar-refractivity contribution in [1.82, 2.24) is 25.9 Å². The van der Waals surface area contributed by atoms with Gasteiger partial charge < -0.3 is 31.8 Å². The lowest BCUT2D eigenvalue weighted by Gasteiger charge is -2.24. The third-order valence-electron chi connectivity index (χ3n) is 4.96. The molecule has 2 aromatic rings. The molecule has 3 unspecified atom stereocenters. The standard InChI is InChI=1S/C22H30N6O5S/c1-34-8-7-16(26-19(29)11-23)20(30)27-17(9-14-5-3-2-4-6-14)21(31)28-18(22(32)33)10-15-12-24-13-25-15/h2-6,12-13,16-18H,7-11,23H2,1H3,(H,24,25)(H,26,29)(H,27,30)(H,28,31)(H,32,33). The van der Waals surface area contributed by atoms with Crippen LogP contribution in [0, 0.1) is 0 Å². The van der Waals surface area contributed by atoms with Crippen LogP contribution in [-0.2, 0) is 32.0 Å². The molecule has 7 N–H and O–H groups in total. The maximum absolute atomic E-state index is 13.1. The Balaban J connectivity index is 2.19. The van der Waals surface area contributed by atoms with Gasteiger partial charge in [0, 0.05) is 24.7 Å². The van der Waals surface area contributed by atoms with Gasteiger partial charge in [0.1, 0.15) is 18.1 Å². The van der Waals surface area contributed by atoms with Gasteiger partial charge >= 0.3 is 5.97 Å². The Kier molecular flexibility index (Phi) is 11.1. The Bertz CT molecular complexity index is 941. The van der Waals surface area contributed by atoms with Crippen LogP contribution in [0.4, 0.5) is 0 Å². The Morgan fingerprint density at radius 1 is 1.03 bits per heavy atom. The lowest BCUT2D eigenvalue weighted by atomic mass is 10.0. The smallest absolute Gasteiger partial charge is 0.326 e. The van der Waals surface area contributed by atoms with E-state index in [0.29, 0.717) is 17.9 Å². The first-order valence-corrected chi connectivity index (χ1v) is 12.1. The molecule has 0 saturated heterocycles. The molecule has 0 bridgehead atoms. The molecule has 0 saturated carbocycles. The first kappa shape index (κ1) is 26.9. The maximum atomic E-state index is 13.1. The van der Waals surface area contributed by atoms with Gasteiger partial charge in [0.25, 0.3) is 0 Å². The molecule has 184 valence electrons. The monoisotopic (exact) mass is 490 g/mol. The number of rotatable bonds is 14. The Hall–Kier alpha value is -3.38. The van der Waals surface area contributed by atoms with E-state index in [-0.39, 0.29) is 19.4 Å². The lowest BCUT2D eigenvalue weighted by Crippen LogP contribution is -2.57. The van der Waals surface area contributed by atoms with Gasteiger partial charge in [-0.25, -0.2) is 9.78 Å². The number of aromatic amines is 1. The fourth-order valence-electron chi connectivity index (χ4n) is 3.18. The summed E-state index contributed by atoms with van der Waals surface area (Å²) in [5, 5.41) is 17.3. The highest BCUT2D eigenvalue weighted by atomic mass is 32.2. The van der Waals surface area contributed by atoms with E-state index in [1.165, 1.54) is 24.3 Å². The third-order valence-corrected chi connectivity index (χ3v) is 5.60. The number of carbonyl (C=O) groups excluding carboxylic acids is 3. The molecule has 0 radical (unpaired) electrons. The number of aliphatic carboxylic acids is 1. The zero-order chi connectivity index (χ0) is 24.9. The van der Waals surface area contributed by atoms with Gasteiger partial charge in [-0.2, -0.15) is 11.8 Å². The summed E-state index contributed by atoms with van der Waals surface area (Å²) in [7, 11) is 0. The van der Waals surface area contributed by atoms with E-state index in [2.05, 4.69) is 25.9 Å². The first-order valence-electron chi connectivity index (χ1n) is 10.7. The highest BCUT2D eigenvalue weighted by Crippen LogP contribution is 2.07. The van der Waals surface area contributed by atoms with Crippen LogP contribution < -0.4 is 21.7 Å². The summed E-state index contributed by atoms with van der Waals surface area (Å²) in [5.41, 5.74) is 6.68. The molecule has 2 rings (SSSR count). The van der Waals surface area contributed by atoms with E-state index >= 15 is 0 Å². The number of benzene rings is 1. The molecule has 0 spiro atoms. The van der Waals surface area contributed by atoms with E-state index in [9.17, 15) is 24.3 Å². The van der Waals surface area contributed by atoms with E-state index in [4.69, 9.17) is 5.73 Å². The number of aromatic nitrogens is 2. The molecule has 1 aromatic carbocycles. The molecular formula is C22H30N6O5S. The zero-order valence-electron chi connectivity index (χ0n) is 18.8. The fraction of sp³-hybridized carbons (Fsp3) is 0.409. The van der Waals surface area contributed by atoms with Crippen molar-refractivity contribution in [2.75, 3.05) is 18.6 Å². The number of hydrogen-bond acceptors (Lipinski definition) is 7. The van der Waals surface area contributed by atoms with Crippen LogP contribution in [0.25, 0.3) is 0 Å². The minimum atomic E-state index is -1.23. The number of thioether (sulfide) groups is 1. The van der Waals surface area contributed by atoms with E-state index in [1.54, 1.807) is 24.3 Å². The Morgan fingerprint density at radius 3 is 2.29 bits per heavy atom. The summed E-state index contributed by atoms with van der Waals surface area (Å²) >= 11 is 1.51. The normalized spacial score (nSPS) is 13.4. The molecule has 0 aliphatic carbocycles. The first-order chi connectivity index (χ1) is 16.3. The predicted octanol–water partition coefficient (Wildman–Crippen LogP) is -0.554. The van der Waals surface area contributed by atoms with E-state index in [1.807, 2.05) is 12.3 Å². The third kappa shape index (κ3) is 8.87. The van der Waals surface area contributed by atoms with Crippen molar-refractivity contribution in [3.63, 3.8) is 0 Å².